The summed E-state index contributed by atoms with van der Waals surface area (Å²) in [7, 11) is 0. The number of unbranched alkanes of at least 4 members (excludes halogenated alkanes) is 5. The number of hydrogen-bond acceptors (Lipinski definition) is 4. The largest absolute Gasteiger partial charge is 0.493 e. The maximum Gasteiger partial charge on any atom is 0.279 e. The third-order valence-electron chi connectivity index (χ3n) is 4.37. The van der Waals surface area contributed by atoms with Gasteiger partial charge in [-0.1, -0.05) is 51.2 Å². The highest BCUT2D eigenvalue weighted by Crippen LogP contribution is 2.40. The molecule has 126 valence electrons. The predicted octanol–water partition coefficient (Wildman–Crippen LogP) is 3.51. The van der Waals surface area contributed by atoms with Crippen LogP contribution < -0.4 is 10.1 Å². The Labute approximate surface area is 137 Å². The maximum atomic E-state index is 8.20. The van der Waals surface area contributed by atoms with Crippen LogP contribution >= 0.6 is 0 Å². The Hall–Kier alpha value is -1.59. The highest BCUT2D eigenvalue weighted by Gasteiger charge is 2.48. The van der Waals surface area contributed by atoms with Gasteiger partial charge in [-0.15, -0.1) is 0 Å². The van der Waals surface area contributed by atoms with Crippen molar-refractivity contribution in [2.75, 3.05) is 19.8 Å². The molecule has 2 aliphatic heterocycles. The fourth-order valence-electron chi connectivity index (χ4n) is 3.18. The minimum atomic E-state index is -0.980. The van der Waals surface area contributed by atoms with Gasteiger partial charge in [-0.25, -0.2) is 0 Å². The molecule has 0 saturated carbocycles. The van der Waals surface area contributed by atoms with E-state index in [1.807, 2.05) is 18.2 Å². The van der Waals surface area contributed by atoms with Crippen LogP contribution in [-0.4, -0.2) is 25.7 Å². The first-order chi connectivity index (χ1) is 11.3. The molecule has 0 amide bonds. The van der Waals surface area contributed by atoms with E-state index in [2.05, 4.69) is 12.2 Å². The van der Waals surface area contributed by atoms with Gasteiger partial charge >= 0.3 is 0 Å². The van der Waals surface area contributed by atoms with Crippen molar-refractivity contribution < 1.29 is 14.2 Å². The quantitative estimate of drug-likeness (QED) is 0.720. The molecule has 1 fully saturated rings. The Morgan fingerprint density at radius 3 is 2.65 bits per heavy atom. The lowest BCUT2D eigenvalue weighted by Gasteiger charge is -2.22. The fraction of sp³-hybridized carbons (Fsp3) is 0.611. The highest BCUT2D eigenvalue weighted by molar-refractivity contribution is 6.03. The molecule has 1 aromatic carbocycles. The van der Waals surface area contributed by atoms with E-state index in [1.54, 1.807) is 0 Å². The molecule has 0 aromatic heterocycles. The summed E-state index contributed by atoms with van der Waals surface area (Å²) in [5, 5.41) is 11.2. The van der Waals surface area contributed by atoms with Crippen LogP contribution in [0.2, 0.25) is 0 Å². The van der Waals surface area contributed by atoms with Crippen LogP contribution in [0.25, 0.3) is 0 Å². The standard InChI is InChI=1S/C18H26N2O3/c1-2-3-4-5-6-7-11-21-15-10-8-9-14-16(15)17(19)20-18(14)22-12-13-23-18/h8-10H,2-7,11-13H2,1H3,(H2,19,20). The van der Waals surface area contributed by atoms with Crippen LogP contribution in [0.5, 0.6) is 5.75 Å². The van der Waals surface area contributed by atoms with Crippen LogP contribution in [-0.2, 0) is 15.4 Å². The minimum Gasteiger partial charge on any atom is -0.493 e. The molecule has 3 rings (SSSR count). The van der Waals surface area contributed by atoms with E-state index >= 15 is 0 Å². The summed E-state index contributed by atoms with van der Waals surface area (Å²) in [5.41, 5.74) is 1.61. The molecule has 5 heteroatoms. The van der Waals surface area contributed by atoms with E-state index in [4.69, 9.17) is 19.6 Å². The number of fused-ring (bicyclic) bond motifs is 2. The molecule has 0 aliphatic carbocycles. The molecule has 2 aliphatic rings. The van der Waals surface area contributed by atoms with Gasteiger partial charge in [0.05, 0.1) is 25.4 Å². The van der Waals surface area contributed by atoms with Crippen LogP contribution in [0.15, 0.2) is 18.2 Å². The lowest BCUT2D eigenvalue weighted by molar-refractivity contribution is -0.173. The highest BCUT2D eigenvalue weighted by atomic mass is 16.8. The van der Waals surface area contributed by atoms with Gasteiger partial charge in [0.1, 0.15) is 11.6 Å². The minimum absolute atomic E-state index is 0.306. The summed E-state index contributed by atoms with van der Waals surface area (Å²) in [5.74, 6) is 0.0661. The van der Waals surface area contributed by atoms with Crippen molar-refractivity contribution in [2.24, 2.45) is 0 Å². The fourth-order valence-corrected chi connectivity index (χ4v) is 3.18. The summed E-state index contributed by atoms with van der Waals surface area (Å²) < 4.78 is 17.3. The van der Waals surface area contributed by atoms with Crippen molar-refractivity contribution in [2.45, 2.75) is 51.4 Å². The second-order valence-electron chi connectivity index (χ2n) is 6.11. The monoisotopic (exact) mass is 318 g/mol. The van der Waals surface area contributed by atoms with E-state index in [1.165, 1.54) is 32.1 Å². The molecule has 2 heterocycles. The number of amidine groups is 1. The number of rotatable bonds is 8. The normalized spacial score (nSPS) is 18.2. The average molecular weight is 318 g/mol. The zero-order chi connectivity index (χ0) is 16.1. The lowest BCUT2D eigenvalue weighted by Crippen LogP contribution is -2.40. The van der Waals surface area contributed by atoms with Crippen molar-refractivity contribution in [1.29, 1.82) is 5.41 Å². The summed E-state index contributed by atoms with van der Waals surface area (Å²) in [4.78, 5) is 0. The Bertz CT molecular complexity index is 553. The topological polar surface area (TPSA) is 63.6 Å². The summed E-state index contributed by atoms with van der Waals surface area (Å²) in [6.45, 7) is 3.97. The molecule has 0 unspecified atom stereocenters. The summed E-state index contributed by atoms with van der Waals surface area (Å²) in [6.07, 6.45) is 7.41. The molecule has 2 N–H and O–H groups in total. The van der Waals surface area contributed by atoms with Gasteiger partial charge in [0.15, 0.2) is 0 Å². The number of nitrogens with one attached hydrogen (secondary N) is 2. The lowest BCUT2D eigenvalue weighted by atomic mass is 10.1. The van der Waals surface area contributed by atoms with Crippen LogP contribution in [0.3, 0.4) is 0 Å². The maximum absolute atomic E-state index is 8.20. The Morgan fingerprint density at radius 1 is 1.13 bits per heavy atom. The second-order valence-corrected chi connectivity index (χ2v) is 6.11. The zero-order valence-electron chi connectivity index (χ0n) is 13.8. The Kier molecular flexibility index (Phi) is 5.18. The van der Waals surface area contributed by atoms with Crippen LogP contribution in [0, 0.1) is 5.41 Å². The molecule has 0 atom stereocenters. The Balaban J connectivity index is 1.59. The van der Waals surface area contributed by atoms with Gasteiger partial charge in [0, 0.05) is 5.56 Å². The molecular formula is C18H26N2O3. The smallest absolute Gasteiger partial charge is 0.279 e. The molecule has 23 heavy (non-hydrogen) atoms. The molecular weight excluding hydrogens is 292 g/mol. The first kappa shape index (κ1) is 16.3. The van der Waals surface area contributed by atoms with Crippen molar-refractivity contribution in [3.8, 4) is 5.75 Å². The van der Waals surface area contributed by atoms with Crippen LogP contribution in [0.4, 0.5) is 0 Å². The van der Waals surface area contributed by atoms with Crippen LogP contribution in [0.1, 0.15) is 56.6 Å². The Morgan fingerprint density at radius 2 is 1.87 bits per heavy atom. The molecule has 1 spiro atoms. The molecule has 5 nitrogen and oxygen atoms in total. The number of hydrogen-bond donors (Lipinski definition) is 2. The first-order valence-electron chi connectivity index (χ1n) is 8.68. The van der Waals surface area contributed by atoms with E-state index < -0.39 is 5.91 Å². The van der Waals surface area contributed by atoms with Gasteiger partial charge < -0.3 is 19.5 Å². The van der Waals surface area contributed by atoms with Gasteiger partial charge in [-0.3, -0.25) is 5.41 Å². The SMILES string of the molecule is CCCCCCCCOc1cccc2c1C(=N)NC21OCCO1. The zero-order valence-corrected chi connectivity index (χ0v) is 13.8. The molecule has 0 radical (unpaired) electrons. The van der Waals surface area contributed by atoms with Gasteiger partial charge in [0.2, 0.25) is 0 Å². The number of benzene rings is 1. The summed E-state index contributed by atoms with van der Waals surface area (Å²) in [6, 6.07) is 5.79. The van der Waals surface area contributed by atoms with Gasteiger partial charge in [-0.05, 0) is 12.5 Å². The average Bonchev–Trinajstić information content (AvgIpc) is 3.13. The molecule has 1 aromatic rings. The number of ether oxygens (including phenoxy) is 3. The van der Waals surface area contributed by atoms with Crippen molar-refractivity contribution >= 4 is 5.84 Å². The predicted molar refractivity (Wildman–Crippen MR) is 88.9 cm³/mol. The summed E-state index contributed by atoms with van der Waals surface area (Å²) >= 11 is 0. The van der Waals surface area contributed by atoms with E-state index in [0.717, 1.165) is 23.3 Å². The van der Waals surface area contributed by atoms with E-state index in [9.17, 15) is 0 Å². The van der Waals surface area contributed by atoms with E-state index in [-0.39, 0.29) is 0 Å². The third kappa shape index (κ3) is 3.35. The van der Waals surface area contributed by atoms with Crippen molar-refractivity contribution in [3.63, 3.8) is 0 Å². The van der Waals surface area contributed by atoms with Gasteiger partial charge in [0.25, 0.3) is 5.91 Å². The van der Waals surface area contributed by atoms with Crippen molar-refractivity contribution in [1.82, 2.24) is 5.32 Å². The molecule has 1 saturated heterocycles. The second kappa shape index (κ2) is 7.32. The van der Waals surface area contributed by atoms with Crippen molar-refractivity contribution in [3.05, 3.63) is 29.3 Å². The third-order valence-corrected chi connectivity index (χ3v) is 4.37. The molecule has 0 bridgehead atoms. The van der Waals surface area contributed by atoms with Gasteiger partial charge in [-0.2, -0.15) is 0 Å². The first-order valence-corrected chi connectivity index (χ1v) is 8.68. The van der Waals surface area contributed by atoms with E-state index in [0.29, 0.717) is 25.7 Å².